The Labute approximate surface area is 109 Å². The monoisotopic (exact) mass is 245 g/mol. The van der Waals surface area contributed by atoms with Gasteiger partial charge in [-0.1, -0.05) is 57.2 Å². The summed E-state index contributed by atoms with van der Waals surface area (Å²) in [6.45, 7) is 2.24. The molecule has 1 heterocycles. The lowest BCUT2D eigenvalue weighted by atomic mass is 10.1. The van der Waals surface area contributed by atoms with Crippen molar-refractivity contribution in [2.75, 3.05) is 0 Å². The van der Waals surface area contributed by atoms with Crippen LogP contribution in [0.15, 0.2) is 34.7 Å². The van der Waals surface area contributed by atoms with Gasteiger partial charge in [-0.2, -0.15) is 0 Å². The van der Waals surface area contributed by atoms with Gasteiger partial charge in [-0.3, -0.25) is 0 Å². The van der Waals surface area contributed by atoms with Crippen LogP contribution in [0.2, 0.25) is 0 Å². The molecule has 2 heteroatoms. The molecule has 2 nitrogen and oxygen atoms in total. The molecule has 2 aromatic rings. The molecule has 0 radical (unpaired) electrons. The maximum atomic E-state index is 6.18. The molecule has 0 aliphatic carbocycles. The highest BCUT2D eigenvalue weighted by atomic mass is 16.3. The van der Waals surface area contributed by atoms with Crippen LogP contribution in [0.25, 0.3) is 11.0 Å². The zero-order valence-corrected chi connectivity index (χ0v) is 11.2. The van der Waals surface area contributed by atoms with Crippen molar-refractivity contribution >= 4 is 11.0 Å². The average molecular weight is 245 g/mol. The van der Waals surface area contributed by atoms with Crippen molar-refractivity contribution in [3.05, 3.63) is 36.1 Å². The topological polar surface area (TPSA) is 39.2 Å². The van der Waals surface area contributed by atoms with E-state index in [4.69, 9.17) is 10.2 Å². The van der Waals surface area contributed by atoms with E-state index in [1.54, 1.807) is 0 Å². The molecule has 1 atom stereocenters. The van der Waals surface area contributed by atoms with Crippen molar-refractivity contribution in [3.63, 3.8) is 0 Å². The van der Waals surface area contributed by atoms with Gasteiger partial charge < -0.3 is 10.2 Å². The summed E-state index contributed by atoms with van der Waals surface area (Å²) in [5, 5.41) is 1.15. The number of fused-ring (bicyclic) bond motifs is 1. The molecule has 98 valence electrons. The number of rotatable bonds is 7. The number of furan rings is 1. The number of nitrogens with two attached hydrogens (primary N) is 1. The molecule has 0 amide bonds. The Kier molecular flexibility index (Phi) is 4.82. The van der Waals surface area contributed by atoms with Crippen molar-refractivity contribution in [1.29, 1.82) is 0 Å². The quantitative estimate of drug-likeness (QED) is 0.712. The third-order valence-corrected chi connectivity index (χ3v) is 3.43. The van der Waals surface area contributed by atoms with E-state index in [0.29, 0.717) is 0 Å². The standard InChI is InChI=1S/C16H23NO/c1-2-3-4-5-6-10-14(17)16-12-13-9-7-8-11-15(13)18-16/h7-9,11-12,14H,2-6,10,17H2,1H3. The molecule has 0 aliphatic heterocycles. The molecule has 18 heavy (non-hydrogen) atoms. The van der Waals surface area contributed by atoms with Gasteiger partial charge in [-0.05, 0) is 18.6 Å². The Morgan fingerprint density at radius 3 is 2.67 bits per heavy atom. The molecule has 2 rings (SSSR count). The summed E-state index contributed by atoms with van der Waals surface area (Å²) in [4.78, 5) is 0. The van der Waals surface area contributed by atoms with Gasteiger partial charge in [0.2, 0.25) is 0 Å². The maximum absolute atomic E-state index is 6.18. The number of hydrogen-bond acceptors (Lipinski definition) is 2. The summed E-state index contributed by atoms with van der Waals surface area (Å²) in [5.74, 6) is 0.923. The summed E-state index contributed by atoms with van der Waals surface area (Å²) >= 11 is 0. The predicted octanol–water partition coefficient (Wildman–Crippen LogP) is 4.79. The fourth-order valence-corrected chi connectivity index (χ4v) is 2.30. The van der Waals surface area contributed by atoms with Crippen LogP contribution in [0.5, 0.6) is 0 Å². The Hall–Kier alpha value is -1.28. The van der Waals surface area contributed by atoms with Crippen molar-refractivity contribution in [2.24, 2.45) is 5.73 Å². The van der Waals surface area contributed by atoms with Gasteiger partial charge in [-0.25, -0.2) is 0 Å². The van der Waals surface area contributed by atoms with E-state index in [1.807, 2.05) is 18.2 Å². The van der Waals surface area contributed by atoms with Gasteiger partial charge in [-0.15, -0.1) is 0 Å². The van der Waals surface area contributed by atoms with Gasteiger partial charge in [0, 0.05) is 5.39 Å². The van der Waals surface area contributed by atoms with Crippen LogP contribution in [-0.4, -0.2) is 0 Å². The lowest BCUT2D eigenvalue weighted by Crippen LogP contribution is -2.08. The van der Waals surface area contributed by atoms with Crippen LogP contribution >= 0.6 is 0 Å². The number of para-hydroxylation sites is 1. The van der Waals surface area contributed by atoms with E-state index < -0.39 is 0 Å². The minimum atomic E-state index is 0.0408. The summed E-state index contributed by atoms with van der Waals surface area (Å²) in [7, 11) is 0. The number of benzene rings is 1. The second-order valence-electron chi connectivity index (χ2n) is 5.00. The molecular weight excluding hydrogens is 222 g/mol. The molecular formula is C16H23NO. The lowest BCUT2D eigenvalue weighted by Gasteiger charge is -2.07. The molecule has 1 aromatic heterocycles. The summed E-state index contributed by atoms with van der Waals surface area (Å²) < 4.78 is 5.78. The van der Waals surface area contributed by atoms with Crippen LogP contribution in [-0.2, 0) is 0 Å². The highest BCUT2D eigenvalue weighted by Crippen LogP contribution is 2.25. The largest absolute Gasteiger partial charge is 0.459 e. The Balaban J connectivity index is 1.86. The van der Waals surface area contributed by atoms with Crippen LogP contribution < -0.4 is 5.73 Å². The average Bonchev–Trinajstić information content (AvgIpc) is 2.82. The molecule has 0 bridgehead atoms. The minimum Gasteiger partial charge on any atom is -0.459 e. The van der Waals surface area contributed by atoms with E-state index in [-0.39, 0.29) is 6.04 Å². The first-order valence-corrected chi connectivity index (χ1v) is 7.05. The third-order valence-electron chi connectivity index (χ3n) is 3.43. The third kappa shape index (κ3) is 3.36. The van der Waals surface area contributed by atoms with Gasteiger partial charge >= 0.3 is 0 Å². The number of unbranched alkanes of at least 4 members (excludes halogenated alkanes) is 4. The van der Waals surface area contributed by atoms with Crippen molar-refractivity contribution < 1.29 is 4.42 Å². The van der Waals surface area contributed by atoms with Crippen LogP contribution in [0.1, 0.15) is 57.3 Å². The summed E-state index contributed by atoms with van der Waals surface area (Å²) in [6, 6.07) is 10.2. The summed E-state index contributed by atoms with van der Waals surface area (Å²) in [5.41, 5.74) is 7.12. The second kappa shape index (κ2) is 6.60. The van der Waals surface area contributed by atoms with Crippen LogP contribution in [0, 0.1) is 0 Å². The van der Waals surface area contributed by atoms with Gasteiger partial charge in [0.15, 0.2) is 0 Å². The van der Waals surface area contributed by atoms with E-state index in [1.165, 1.54) is 32.1 Å². The SMILES string of the molecule is CCCCCCCC(N)c1cc2ccccc2o1. The molecule has 0 fully saturated rings. The first kappa shape index (κ1) is 13.2. The summed E-state index contributed by atoms with van der Waals surface area (Å²) in [6.07, 6.45) is 7.43. The first-order valence-electron chi connectivity index (χ1n) is 7.05. The van der Waals surface area contributed by atoms with Gasteiger partial charge in [0.1, 0.15) is 11.3 Å². The first-order chi connectivity index (χ1) is 8.81. The molecule has 0 aliphatic rings. The smallest absolute Gasteiger partial charge is 0.134 e. The van der Waals surface area contributed by atoms with Crippen molar-refractivity contribution in [2.45, 2.75) is 51.5 Å². The second-order valence-corrected chi connectivity index (χ2v) is 5.00. The fraction of sp³-hybridized carbons (Fsp3) is 0.500. The molecule has 1 aromatic carbocycles. The maximum Gasteiger partial charge on any atom is 0.134 e. The van der Waals surface area contributed by atoms with Crippen molar-refractivity contribution in [1.82, 2.24) is 0 Å². The minimum absolute atomic E-state index is 0.0408. The van der Waals surface area contributed by atoms with Crippen LogP contribution in [0.3, 0.4) is 0 Å². The van der Waals surface area contributed by atoms with Crippen molar-refractivity contribution in [3.8, 4) is 0 Å². The van der Waals surface area contributed by atoms with E-state index in [2.05, 4.69) is 19.1 Å². The Morgan fingerprint density at radius 1 is 1.11 bits per heavy atom. The number of hydrogen-bond donors (Lipinski definition) is 1. The molecule has 1 unspecified atom stereocenters. The lowest BCUT2D eigenvalue weighted by molar-refractivity contribution is 0.460. The fourth-order valence-electron chi connectivity index (χ4n) is 2.30. The molecule has 2 N–H and O–H groups in total. The van der Waals surface area contributed by atoms with E-state index in [9.17, 15) is 0 Å². The Bertz CT molecular complexity index is 442. The Morgan fingerprint density at radius 2 is 1.89 bits per heavy atom. The highest BCUT2D eigenvalue weighted by molar-refractivity contribution is 5.77. The molecule has 0 saturated heterocycles. The zero-order valence-electron chi connectivity index (χ0n) is 11.2. The van der Waals surface area contributed by atoms with E-state index in [0.717, 1.165) is 23.2 Å². The zero-order chi connectivity index (χ0) is 12.8. The highest BCUT2D eigenvalue weighted by Gasteiger charge is 2.11. The van der Waals surface area contributed by atoms with Gasteiger partial charge in [0.25, 0.3) is 0 Å². The predicted molar refractivity (Wildman–Crippen MR) is 76.5 cm³/mol. The van der Waals surface area contributed by atoms with Crippen LogP contribution in [0.4, 0.5) is 0 Å². The molecule has 0 spiro atoms. The normalized spacial score (nSPS) is 13.0. The van der Waals surface area contributed by atoms with E-state index >= 15 is 0 Å². The van der Waals surface area contributed by atoms with Gasteiger partial charge in [0.05, 0.1) is 6.04 Å². The molecule has 0 saturated carbocycles.